The van der Waals surface area contributed by atoms with Crippen molar-refractivity contribution in [1.29, 1.82) is 0 Å². The third-order valence-corrected chi connectivity index (χ3v) is 4.52. The molecule has 0 saturated heterocycles. The predicted molar refractivity (Wildman–Crippen MR) is 108 cm³/mol. The van der Waals surface area contributed by atoms with Crippen molar-refractivity contribution in [2.24, 2.45) is 11.7 Å². The van der Waals surface area contributed by atoms with E-state index in [1.807, 2.05) is 37.3 Å². The molecule has 3 atom stereocenters. The Morgan fingerprint density at radius 1 is 1.07 bits per heavy atom. The number of hydrogen-bond acceptors (Lipinski definition) is 5. The van der Waals surface area contributed by atoms with Crippen molar-refractivity contribution in [2.75, 3.05) is 13.1 Å². The van der Waals surface area contributed by atoms with Crippen LogP contribution in [0.2, 0.25) is 0 Å². The zero-order valence-corrected chi connectivity index (χ0v) is 16.8. The molecule has 0 unspecified atom stereocenters. The highest BCUT2D eigenvalue weighted by Crippen LogP contribution is 2.08. The Labute approximate surface area is 170 Å². The number of nitrogens with one attached hydrogen (secondary N) is 3. The summed E-state index contributed by atoms with van der Waals surface area (Å²) in [5, 5.41) is 16.7. The van der Waals surface area contributed by atoms with Gasteiger partial charge in [-0.25, -0.2) is 4.79 Å². The molecule has 0 radical (unpaired) electrons. The Morgan fingerprint density at radius 3 is 2.28 bits per heavy atom. The molecule has 160 valence electrons. The van der Waals surface area contributed by atoms with Gasteiger partial charge in [-0.3, -0.25) is 14.4 Å². The van der Waals surface area contributed by atoms with Crippen molar-refractivity contribution in [3.63, 3.8) is 0 Å². The number of amides is 3. The Hall–Kier alpha value is -2.94. The first-order valence-corrected chi connectivity index (χ1v) is 9.61. The molecule has 0 heterocycles. The summed E-state index contributed by atoms with van der Waals surface area (Å²) in [5.41, 5.74) is 6.22. The normalized spacial score (nSPS) is 13.6. The maximum absolute atomic E-state index is 12.5. The maximum atomic E-state index is 12.5. The summed E-state index contributed by atoms with van der Waals surface area (Å²) in [6.07, 6.45) is 0.902. The van der Waals surface area contributed by atoms with E-state index in [9.17, 15) is 24.3 Å². The summed E-state index contributed by atoms with van der Waals surface area (Å²) in [4.78, 5) is 47.9. The van der Waals surface area contributed by atoms with Gasteiger partial charge in [0.15, 0.2) is 0 Å². The molecule has 3 amide bonds. The molecule has 0 aliphatic heterocycles. The minimum atomic E-state index is -1.13. The van der Waals surface area contributed by atoms with Crippen LogP contribution in [0.25, 0.3) is 0 Å². The number of rotatable bonds is 12. The highest BCUT2D eigenvalue weighted by molar-refractivity contribution is 5.91. The highest BCUT2D eigenvalue weighted by atomic mass is 16.4. The number of carboxylic acid groups (broad SMARTS) is 1. The fraction of sp³-hybridized carbons (Fsp3) is 0.500. The molecule has 0 fully saturated rings. The standard InChI is InChI=1S/C20H30N4O5/c1-3-13(2)18(20(28)29)24-17(26)12-22-19(27)15(23-16(25)9-10-21)11-14-7-5-4-6-8-14/h4-8,13,15,18H,3,9-12,21H2,1-2H3,(H,22,27)(H,23,25)(H,24,26)(H,28,29)/t13-,15-,18-/m0/s1. The number of benzene rings is 1. The summed E-state index contributed by atoms with van der Waals surface area (Å²) >= 11 is 0. The largest absolute Gasteiger partial charge is 0.480 e. The lowest BCUT2D eigenvalue weighted by Crippen LogP contribution is -2.52. The van der Waals surface area contributed by atoms with Crippen molar-refractivity contribution in [3.05, 3.63) is 35.9 Å². The number of carbonyl (C=O) groups excluding carboxylic acids is 3. The van der Waals surface area contributed by atoms with Gasteiger partial charge in [-0.2, -0.15) is 0 Å². The number of carboxylic acids is 1. The average Bonchev–Trinajstić information content (AvgIpc) is 2.69. The zero-order valence-electron chi connectivity index (χ0n) is 16.8. The lowest BCUT2D eigenvalue weighted by molar-refractivity contribution is -0.143. The van der Waals surface area contributed by atoms with Gasteiger partial charge in [0.2, 0.25) is 17.7 Å². The van der Waals surface area contributed by atoms with E-state index in [-0.39, 0.29) is 31.2 Å². The third kappa shape index (κ3) is 8.73. The SMILES string of the molecule is CC[C@H](C)[C@H](NC(=O)CNC(=O)[C@H](Cc1ccccc1)NC(=O)CCN)C(=O)O. The van der Waals surface area contributed by atoms with Crippen LogP contribution in [0.5, 0.6) is 0 Å². The Balaban J connectivity index is 2.71. The molecule has 0 aromatic heterocycles. The fourth-order valence-electron chi connectivity index (χ4n) is 2.65. The molecule has 0 spiro atoms. The molecule has 0 saturated carbocycles. The number of carbonyl (C=O) groups is 4. The van der Waals surface area contributed by atoms with Crippen LogP contribution >= 0.6 is 0 Å². The van der Waals surface area contributed by atoms with Crippen LogP contribution in [-0.2, 0) is 25.6 Å². The molecule has 9 heteroatoms. The molecule has 0 bridgehead atoms. The van der Waals surface area contributed by atoms with E-state index in [4.69, 9.17) is 5.73 Å². The van der Waals surface area contributed by atoms with E-state index in [1.165, 1.54) is 0 Å². The molecule has 1 aromatic carbocycles. The Morgan fingerprint density at radius 2 is 1.72 bits per heavy atom. The quantitative estimate of drug-likeness (QED) is 0.324. The number of hydrogen-bond donors (Lipinski definition) is 5. The van der Waals surface area contributed by atoms with Gasteiger partial charge in [0.25, 0.3) is 0 Å². The van der Waals surface area contributed by atoms with Crippen LogP contribution in [0.3, 0.4) is 0 Å². The Bertz CT molecular complexity index is 695. The molecular formula is C20H30N4O5. The fourth-order valence-corrected chi connectivity index (χ4v) is 2.65. The maximum Gasteiger partial charge on any atom is 0.326 e. The van der Waals surface area contributed by atoms with Crippen LogP contribution in [0, 0.1) is 5.92 Å². The van der Waals surface area contributed by atoms with Gasteiger partial charge in [0.05, 0.1) is 6.54 Å². The van der Waals surface area contributed by atoms with Crippen molar-refractivity contribution in [2.45, 2.75) is 45.2 Å². The van der Waals surface area contributed by atoms with Gasteiger partial charge in [0.1, 0.15) is 12.1 Å². The smallest absolute Gasteiger partial charge is 0.326 e. The topological polar surface area (TPSA) is 151 Å². The molecule has 29 heavy (non-hydrogen) atoms. The molecule has 1 aromatic rings. The minimum absolute atomic E-state index is 0.0776. The molecular weight excluding hydrogens is 376 g/mol. The van der Waals surface area contributed by atoms with Gasteiger partial charge in [-0.15, -0.1) is 0 Å². The summed E-state index contributed by atoms with van der Waals surface area (Å²) < 4.78 is 0. The molecule has 0 aliphatic rings. The summed E-state index contributed by atoms with van der Waals surface area (Å²) in [6, 6.07) is 7.22. The van der Waals surface area contributed by atoms with E-state index in [2.05, 4.69) is 16.0 Å². The molecule has 6 N–H and O–H groups in total. The van der Waals surface area contributed by atoms with E-state index >= 15 is 0 Å². The second kappa shape index (κ2) is 12.5. The van der Waals surface area contributed by atoms with E-state index in [0.29, 0.717) is 6.42 Å². The van der Waals surface area contributed by atoms with Gasteiger partial charge in [0, 0.05) is 19.4 Å². The predicted octanol–water partition coefficient (Wildman–Crippen LogP) is -0.206. The van der Waals surface area contributed by atoms with Gasteiger partial charge in [-0.1, -0.05) is 50.6 Å². The van der Waals surface area contributed by atoms with Crippen LogP contribution in [-0.4, -0.2) is 54.0 Å². The van der Waals surface area contributed by atoms with Crippen molar-refractivity contribution >= 4 is 23.7 Å². The van der Waals surface area contributed by atoms with Crippen molar-refractivity contribution in [1.82, 2.24) is 16.0 Å². The van der Waals surface area contributed by atoms with Crippen molar-refractivity contribution in [3.8, 4) is 0 Å². The first kappa shape index (κ1) is 24.1. The molecule has 9 nitrogen and oxygen atoms in total. The number of aliphatic carboxylic acids is 1. The minimum Gasteiger partial charge on any atom is -0.480 e. The first-order chi connectivity index (χ1) is 13.8. The second-order valence-electron chi connectivity index (χ2n) is 6.84. The van der Waals surface area contributed by atoms with Gasteiger partial charge >= 0.3 is 5.97 Å². The summed E-state index contributed by atoms with van der Waals surface area (Å²) in [6.45, 7) is 3.31. The van der Waals surface area contributed by atoms with Gasteiger partial charge < -0.3 is 26.8 Å². The molecule has 0 aliphatic carbocycles. The number of nitrogens with two attached hydrogens (primary N) is 1. The first-order valence-electron chi connectivity index (χ1n) is 9.61. The summed E-state index contributed by atoms with van der Waals surface area (Å²) in [5.74, 6) is -2.90. The van der Waals surface area contributed by atoms with E-state index in [1.54, 1.807) is 6.92 Å². The van der Waals surface area contributed by atoms with Crippen LogP contribution in [0.4, 0.5) is 0 Å². The lowest BCUT2D eigenvalue weighted by Gasteiger charge is -2.21. The molecule has 1 rings (SSSR count). The van der Waals surface area contributed by atoms with Crippen LogP contribution in [0.15, 0.2) is 30.3 Å². The summed E-state index contributed by atoms with van der Waals surface area (Å²) in [7, 11) is 0. The van der Waals surface area contributed by atoms with E-state index in [0.717, 1.165) is 5.56 Å². The van der Waals surface area contributed by atoms with Crippen LogP contribution in [0.1, 0.15) is 32.3 Å². The van der Waals surface area contributed by atoms with Crippen molar-refractivity contribution < 1.29 is 24.3 Å². The lowest BCUT2D eigenvalue weighted by atomic mass is 9.99. The monoisotopic (exact) mass is 406 g/mol. The Kier molecular flexibility index (Phi) is 10.4. The highest BCUT2D eigenvalue weighted by Gasteiger charge is 2.26. The van der Waals surface area contributed by atoms with Crippen LogP contribution < -0.4 is 21.7 Å². The van der Waals surface area contributed by atoms with E-state index < -0.39 is 36.4 Å². The average molecular weight is 406 g/mol. The van der Waals surface area contributed by atoms with Gasteiger partial charge in [-0.05, 0) is 11.5 Å². The third-order valence-electron chi connectivity index (χ3n) is 4.52. The second-order valence-corrected chi connectivity index (χ2v) is 6.84. The zero-order chi connectivity index (χ0) is 21.8.